The average Bonchev–Trinajstić information content (AvgIpc) is 4.08. The smallest absolute Gasteiger partial charge is 0.280 e. The van der Waals surface area contributed by atoms with Crippen molar-refractivity contribution in [3.63, 3.8) is 0 Å². The van der Waals surface area contributed by atoms with E-state index >= 15 is 4.39 Å². The lowest BCUT2D eigenvalue weighted by molar-refractivity contribution is -0.158. The Labute approximate surface area is 460 Å². The van der Waals surface area contributed by atoms with Crippen molar-refractivity contribution >= 4 is 68.6 Å². The summed E-state index contributed by atoms with van der Waals surface area (Å²) in [6.07, 6.45) is 3.50. The van der Waals surface area contributed by atoms with Crippen molar-refractivity contribution in [2.75, 3.05) is 27.3 Å². The minimum Gasteiger partial charge on any atom is -0.364 e. The van der Waals surface area contributed by atoms with Crippen LogP contribution in [0.3, 0.4) is 0 Å². The molecule has 2 aliphatic heterocycles. The van der Waals surface area contributed by atoms with Crippen molar-refractivity contribution in [1.29, 1.82) is 0 Å². The Hall–Kier alpha value is -5.56. The normalized spacial score (nSPS) is 18.8. The van der Waals surface area contributed by atoms with E-state index in [1.165, 1.54) is 36.0 Å². The van der Waals surface area contributed by atoms with Gasteiger partial charge in [0, 0.05) is 35.4 Å². The molecule has 0 radical (unpaired) electrons. The summed E-state index contributed by atoms with van der Waals surface area (Å²) in [4.78, 5) is 26.8. The quantitative estimate of drug-likeness (QED) is 0.0812. The second-order valence-electron chi connectivity index (χ2n) is 18.5. The van der Waals surface area contributed by atoms with Gasteiger partial charge in [-0.25, -0.2) is 27.6 Å². The molecule has 18 heteroatoms. The third-order valence-electron chi connectivity index (χ3n) is 13.7. The first-order valence-corrected chi connectivity index (χ1v) is 27.1. The van der Waals surface area contributed by atoms with E-state index in [0.717, 1.165) is 77.7 Å². The van der Waals surface area contributed by atoms with Gasteiger partial charge in [0.1, 0.15) is 43.1 Å². The number of benzene rings is 6. The van der Waals surface area contributed by atoms with Crippen LogP contribution in [0, 0.1) is 23.3 Å². The van der Waals surface area contributed by atoms with Crippen molar-refractivity contribution in [2.24, 2.45) is 21.7 Å². The fourth-order valence-corrected chi connectivity index (χ4v) is 12.3. The van der Waals surface area contributed by atoms with Gasteiger partial charge in [-0.1, -0.05) is 133 Å². The maximum absolute atomic E-state index is 15.0. The summed E-state index contributed by atoms with van der Waals surface area (Å²) in [7, 11) is 2.91. The van der Waals surface area contributed by atoms with E-state index in [4.69, 9.17) is 49.2 Å². The second-order valence-corrected chi connectivity index (χ2v) is 21.9. The summed E-state index contributed by atoms with van der Waals surface area (Å²) >= 11 is 15.0. The van der Waals surface area contributed by atoms with Crippen LogP contribution in [0.2, 0.25) is 10.0 Å². The van der Waals surface area contributed by atoms with E-state index in [1.54, 1.807) is 56.3 Å². The van der Waals surface area contributed by atoms with E-state index in [1.807, 2.05) is 61.5 Å². The molecule has 2 aliphatic rings. The van der Waals surface area contributed by atoms with Crippen LogP contribution in [-0.4, -0.2) is 59.2 Å². The molecule has 8 rings (SSSR count). The number of nitrogens with two attached hydrogens (primary N) is 2. The van der Waals surface area contributed by atoms with Crippen LogP contribution < -0.4 is 11.5 Å². The van der Waals surface area contributed by atoms with Gasteiger partial charge in [-0.15, -0.1) is 0 Å². The molecule has 0 fully saturated rings. The van der Waals surface area contributed by atoms with Crippen molar-refractivity contribution in [3.8, 4) is 0 Å². The molecule has 0 saturated heterocycles. The van der Waals surface area contributed by atoms with Gasteiger partial charge >= 0.3 is 0 Å². The molecule has 6 aromatic rings. The molecular formula is C58H60Cl2F4N6O4S2. The van der Waals surface area contributed by atoms with Gasteiger partial charge in [0.25, 0.3) is 11.8 Å². The zero-order chi connectivity index (χ0) is 55.0. The maximum Gasteiger partial charge on any atom is 0.280 e. The number of thioether (sulfide) groups is 2. The van der Waals surface area contributed by atoms with Crippen molar-refractivity contribution in [3.05, 3.63) is 211 Å². The van der Waals surface area contributed by atoms with Crippen LogP contribution >= 0.6 is 46.7 Å². The molecular weight excluding hydrogens is 1060 g/mol. The minimum absolute atomic E-state index is 0.00571. The molecule has 10 nitrogen and oxygen atoms in total. The van der Waals surface area contributed by atoms with Gasteiger partial charge in [0.2, 0.25) is 0 Å². The molecule has 6 aromatic carbocycles. The summed E-state index contributed by atoms with van der Waals surface area (Å²) in [5.41, 5.74) is 13.8. The highest BCUT2D eigenvalue weighted by Gasteiger charge is 2.55. The van der Waals surface area contributed by atoms with Crippen LogP contribution in [0.1, 0.15) is 97.9 Å². The van der Waals surface area contributed by atoms with Crippen LogP contribution in [0.25, 0.3) is 0 Å². The van der Waals surface area contributed by atoms with Gasteiger partial charge in [0.05, 0.1) is 0 Å². The summed E-state index contributed by atoms with van der Waals surface area (Å²) in [6.45, 7) is 8.18. The van der Waals surface area contributed by atoms with Gasteiger partial charge < -0.3 is 20.9 Å². The van der Waals surface area contributed by atoms with E-state index < -0.39 is 56.0 Å². The van der Waals surface area contributed by atoms with Crippen molar-refractivity contribution in [2.45, 2.75) is 87.2 Å². The van der Waals surface area contributed by atoms with Crippen LogP contribution in [0.15, 0.2) is 144 Å². The predicted molar refractivity (Wildman–Crippen MR) is 298 cm³/mol. The molecule has 2 heterocycles. The second kappa shape index (κ2) is 24.8. The monoisotopic (exact) mass is 1110 g/mol. The molecule has 0 saturated carbocycles. The van der Waals surface area contributed by atoms with E-state index in [9.17, 15) is 22.8 Å². The largest absolute Gasteiger partial charge is 0.364 e. The zero-order valence-electron chi connectivity index (χ0n) is 43.0. The number of carbonyl (C=O) groups excluding carboxylic acids is 2. The summed E-state index contributed by atoms with van der Waals surface area (Å²) in [5, 5.41) is 13.3. The number of aryl methyl sites for hydroxylation is 2. The minimum atomic E-state index is -1.50. The van der Waals surface area contributed by atoms with E-state index in [-0.39, 0.29) is 21.2 Å². The summed E-state index contributed by atoms with van der Waals surface area (Å²) in [6, 6.07) is 35.9. The third-order valence-corrected chi connectivity index (χ3v) is 17.1. The molecule has 0 aromatic heterocycles. The number of hydrogen-bond donors (Lipinski definition) is 2. The molecule has 4 atom stereocenters. The number of methoxy groups -OCH3 is 2. The highest BCUT2D eigenvalue weighted by atomic mass is 35.5. The van der Waals surface area contributed by atoms with Gasteiger partial charge in [-0.05, 0) is 160 Å². The first-order valence-electron chi connectivity index (χ1n) is 24.7. The van der Waals surface area contributed by atoms with Crippen LogP contribution in [0.5, 0.6) is 0 Å². The lowest BCUT2D eigenvalue weighted by Gasteiger charge is -2.40. The number of hydrazone groups is 2. The molecule has 4 N–H and O–H groups in total. The Balaban J connectivity index is 0.000000221. The molecule has 76 heavy (non-hydrogen) atoms. The van der Waals surface area contributed by atoms with Gasteiger partial charge in [0.15, 0.2) is 11.2 Å². The number of hydrogen-bond acceptors (Lipinski definition) is 10. The molecule has 400 valence electrons. The van der Waals surface area contributed by atoms with Crippen molar-refractivity contribution in [1.82, 2.24) is 10.0 Å². The number of ether oxygens (including phenoxy) is 2. The molecule has 0 bridgehead atoms. The van der Waals surface area contributed by atoms with Crippen LogP contribution in [-0.2, 0) is 52.8 Å². The Kier molecular flexibility index (Phi) is 19.0. The number of carbonyl (C=O) groups is 2. The number of amides is 2. The first-order chi connectivity index (χ1) is 36.4. The fourth-order valence-electron chi connectivity index (χ4n) is 9.10. The van der Waals surface area contributed by atoms with E-state index in [0.29, 0.717) is 65.5 Å². The Morgan fingerprint density at radius 1 is 0.579 bits per heavy atom. The Morgan fingerprint density at radius 2 is 0.987 bits per heavy atom. The van der Waals surface area contributed by atoms with Crippen LogP contribution in [0.4, 0.5) is 17.6 Å². The van der Waals surface area contributed by atoms with Gasteiger partial charge in [-0.3, -0.25) is 9.59 Å². The lowest BCUT2D eigenvalue weighted by atomic mass is 9.90. The highest BCUT2D eigenvalue weighted by Crippen LogP contribution is 2.54. The maximum atomic E-state index is 15.0. The topological polar surface area (TPSA) is 136 Å². The SMILES string of the molecule is CCc1cccc(C2(CCCN)SC(c3cc(F)ccc3F)=NN2C(=O)[C@@](C)(OC)c2cccc(CC)c2)c1.CO[C@](C)(C(=O)N1N=C(c2cc(F)ccc2F)SC1(CCCN)c1cccc(Cl)c1)c1cccc(Cl)c1. The Morgan fingerprint density at radius 3 is 1.42 bits per heavy atom. The third kappa shape index (κ3) is 11.8. The molecule has 0 spiro atoms. The molecule has 2 amide bonds. The van der Waals surface area contributed by atoms with Crippen molar-refractivity contribution < 1.29 is 36.6 Å². The summed E-state index contributed by atoms with van der Waals surface area (Å²) in [5.74, 6) is -3.41. The molecule has 2 unspecified atom stereocenters. The van der Waals surface area contributed by atoms with Gasteiger partial charge in [-0.2, -0.15) is 10.2 Å². The molecule has 0 aliphatic carbocycles. The Bertz CT molecular complexity index is 3160. The number of nitrogens with zero attached hydrogens (tertiary/aromatic N) is 4. The highest BCUT2D eigenvalue weighted by molar-refractivity contribution is 8.15. The number of rotatable bonds is 18. The fraction of sp³-hybridized carbons (Fsp3) is 0.310. The lowest BCUT2D eigenvalue weighted by Crippen LogP contribution is -2.50. The summed E-state index contributed by atoms with van der Waals surface area (Å²) < 4.78 is 70.0. The van der Waals surface area contributed by atoms with E-state index in [2.05, 4.69) is 12.0 Å². The standard InChI is InChI=1S/C31H35F2N3O2S.C27H25Cl2F2N3O2S/c1-5-21-10-7-12-23(18-21)30(3,38-4)29(37)36-31(16-9-17-34,24-13-8-11-22(6-2)19-24)39-28(35-36)26-20-25(32)14-15-27(26)33;1-26(36-2,17-6-3-8-19(28)14-17)25(35)34-27(12-5-13-32,18-7-4-9-20(29)15-18)37-24(33-34)22-16-21(30)10-11-23(22)31/h7-8,10-15,18-20H,5-6,9,16-17,34H2,1-4H3;3-4,6-11,14-16H,5,12-13,32H2,1-2H3/t30-,31?;26-,27?/m00/s1. The first kappa shape index (κ1) is 58.1. The average molecular weight is 1120 g/mol. The zero-order valence-corrected chi connectivity index (χ0v) is 46.2. The number of halogens is 6. The predicted octanol–water partition coefficient (Wildman–Crippen LogP) is 13.1.